The van der Waals surface area contributed by atoms with Crippen LogP contribution in [-0.2, 0) is 18.6 Å². The number of carbonyl (C=O) groups excluding carboxylic acids is 1. The highest BCUT2D eigenvalue weighted by molar-refractivity contribution is 6.99. The average molecular weight is 489 g/mol. The number of ether oxygens (including phenoxy) is 3. The summed E-state index contributed by atoms with van der Waals surface area (Å²) in [5.41, 5.74) is 0.468. The molecule has 6 heteroatoms. The van der Waals surface area contributed by atoms with Crippen LogP contribution in [0, 0.1) is 0 Å². The van der Waals surface area contributed by atoms with E-state index >= 15 is 0 Å². The number of carbonyl (C=O) groups is 1. The average Bonchev–Trinajstić information content (AvgIpc) is 3.27. The Bertz CT molecular complexity index is 1100. The summed E-state index contributed by atoms with van der Waals surface area (Å²) in [5.74, 6) is -0.103. The zero-order chi connectivity index (χ0) is 24.9. The largest absolute Gasteiger partial charge is 0.422 e. The minimum absolute atomic E-state index is 0.151. The molecule has 0 saturated heterocycles. The summed E-state index contributed by atoms with van der Waals surface area (Å²) < 4.78 is 24.1. The molecule has 0 saturated carbocycles. The van der Waals surface area contributed by atoms with Crippen LogP contribution in [0.3, 0.4) is 0 Å². The lowest BCUT2D eigenvalue weighted by molar-refractivity contribution is -0.125. The SMILES string of the molecule is COC1O[C@H](CO[Si](c2ccccc2)(c2ccccc2)C(C)(C)C)C=C1OC(=O)c1ccccc1. The molecule has 4 rings (SSSR count). The number of esters is 1. The Morgan fingerprint density at radius 2 is 1.37 bits per heavy atom. The molecule has 0 aliphatic carbocycles. The van der Waals surface area contributed by atoms with Crippen LogP contribution in [0.4, 0.5) is 0 Å². The summed E-state index contributed by atoms with van der Waals surface area (Å²) in [6, 6.07) is 29.8. The predicted molar refractivity (Wildman–Crippen MR) is 139 cm³/mol. The van der Waals surface area contributed by atoms with E-state index in [1.54, 1.807) is 30.3 Å². The van der Waals surface area contributed by atoms with Crippen molar-refractivity contribution >= 4 is 24.7 Å². The number of benzene rings is 3. The van der Waals surface area contributed by atoms with Gasteiger partial charge in [-0.25, -0.2) is 4.79 Å². The molecule has 0 amide bonds. The van der Waals surface area contributed by atoms with E-state index in [9.17, 15) is 4.79 Å². The standard InChI is InChI=1S/C29H32O5Si/c1-29(2,3)35(24-16-10-6-11-17-24,25-18-12-7-13-19-25)32-21-23-20-26(28(31-4)33-23)34-27(30)22-14-8-5-9-15-22/h5-20,23,28H,21H2,1-4H3/t23-,28?/m0/s1. The summed E-state index contributed by atoms with van der Waals surface area (Å²) in [6.45, 7) is 7.00. The van der Waals surface area contributed by atoms with Gasteiger partial charge in [0.1, 0.15) is 6.10 Å². The first-order valence-electron chi connectivity index (χ1n) is 11.8. The molecule has 3 aromatic rings. The Balaban J connectivity index is 1.61. The second-order valence-corrected chi connectivity index (χ2v) is 13.8. The first-order valence-corrected chi connectivity index (χ1v) is 13.7. The van der Waals surface area contributed by atoms with Crippen LogP contribution in [0.5, 0.6) is 0 Å². The van der Waals surface area contributed by atoms with Gasteiger partial charge in [-0.1, -0.05) is 99.6 Å². The van der Waals surface area contributed by atoms with Crippen LogP contribution < -0.4 is 10.4 Å². The van der Waals surface area contributed by atoms with Gasteiger partial charge in [0.05, 0.1) is 12.2 Å². The fourth-order valence-corrected chi connectivity index (χ4v) is 9.15. The van der Waals surface area contributed by atoms with Crippen LogP contribution >= 0.6 is 0 Å². The smallest absolute Gasteiger partial charge is 0.343 e. The van der Waals surface area contributed by atoms with Crippen LogP contribution in [0.25, 0.3) is 0 Å². The van der Waals surface area contributed by atoms with Crippen molar-refractivity contribution in [2.75, 3.05) is 13.7 Å². The van der Waals surface area contributed by atoms with Crippen molar-refractivity contribution in [3.63, 3.8) is 0 Å². The van der Waals surface area contributed by atoms with E-state index in [-0.39, 0.29) is 5.04 Å². The number of hydrogen-bond acceptors (Lipinski definition) is 5. The summed E-state index contributed by atoms with van der Waals surface area (Å²) in [5, 5.41) is 2.24. The van der Waals surface area contributed by atoms with Gasteiger partial charge < -0.3 is 18.6 Å². The van der Waals surface area contributed by atoms with Gasteiger partial charge in [0.15, 0.2) is 5.76 Å². The zero-order valence-corrected chi connectivity index (χ0v) is 21.6. The minimum atomic E-state index is -2.71. The third kappa shape index (κ3) is 5.31. The highest BCUT2D eigenvalue weighted by Crippen LogP contribution is 2.37. The van der Waals surface area contributed by atoms with Crippen LogP contribution in [0.15, 0.2) is 103 Å². The molecular formula is C29H32O5Si. The lowest BCUT2D eigenvalue weighted by Crippen LogP contribution is -2.67. The van der Waals surface area contributed by atoms with E-state index in [2.05, 4.69) is 69.3 Å². The van der Waals surface area contributed by atoms with Crippen molar-refractivity contribution in [3.8, 4) is 0 Å². The molecule has 182 valence electrons. The molecule has 3 aromatic carbocycles. The van der Waals surface area contributed by atoms with Gasteiger partial charge in [0.25, 0.3) is 8.32 Å². The second kappa shape index (κ2) is 10.7. The summed E-state index contributed by atoms with van der Waals surface area (Å²) in [7, 11) is -1.19. The first-order chi connectivity index (χ1) is 16.8. The van der Waals surface area contributed by atoms with Crippen molar-refractivity contribution in [2.45, 2.75) is 38.2 Å². The lowest BCUT2D eigenvalue weighted by atomic mass is 10.2. The number of methoxy groups -OCH3 is 1. The Morgan fingerprint density at radius 3 is 1.86 bits per heavy atom. The molecular weight excluding hydrogens is 456 g/mol. The first kappa shape index (κ1) is 25.1. The molecule has 1 heterocycles. The molecule has 1 unspecified atom stereocenters. The number of hydrogen-bond donors (Lipinski definition) is 0. The van der Waals surface area contributed by atoms with Crippen molar-refractivity contribution in [1.29, 1.82) is 0 Å². The van der Waals surface area contributed by atoms with E-state index < -0.39 is 26.7 Å². The Morgan fingerprint density at radius 1 is 0.857 bits per heavy atom. The summed E-state index contributed by atoms with van der Waals surface area (Å²) in [4.78, 5) is 12.6. The van der Waals surface area contributed by atoms with E-state index in [0.29, 0.717) is 17.9 Å². The molecule has 1 aliphatic heterocycles. The zero-order valence-electron chi connectivity index (χ0n) is 20.6. The van der Waals surface area contributed by atoms with Crippen LogP contribution in [-0.4, -0.2) is 40.4 Å². The third-order valence-corrected chi connectivity index (χ3v) is 11.2. The fourth-order valence-electron chi connectivity index (χ4n) is 4.58. The van der Waals surface area contributed by atoms with Crippen molar-refractivity contribution < 1.29 is 23.4 Å². The summed E-state index contributed by atoms with van der Waals surface area (Å²) >= 11 is 0. The third-order valence-electron chi connectivity index (χ3n) is 6.20. The molecule has 0 radical (unpaired) electrons. The Hall–Kier alpha value is -3.03. The van der Waals surface area contributed by atoms with Gasteiger partial charge in [0, 0.05) is 7.11 Å². The highest BCUT2D eigenvalue weighted by Gasteiger charge is 2.50. The fraction of sp³-hybridized carbons (Fsp3) is 0.276. The molecule has 35 heavy (non-hydrogen) atoms. The molecule has 0 spiro atoms. The van der Waals surface area contributed by atoms with Gasteiger partial charge in [-0.05, 0) is 33.6 Å². The van der Waals surface area contributed by atoms with E-state index in [0.717, 1.165) is 0 Å². The minimum Gasteiger partial charge on any atom is -0.422 e. The maximum atomic E-state index is 12.6. The highest BCUT2D eigenvalue weighted by atomic mass is 28.4. The maximum Gasteiger partial charge on any atom is 0.343 e. The van der Waals surface area contributed by atoms with Crippen molar-refractivity contribution in [1.82, 2.24) is 0 Å². The van der Waals surface area contributed by atoms with Gasteiger partial charge in [-0.3, -0.25) is 0 Å². The van der Waals surface area contributed by atoms with E-state index in [1.807, 2.05) is 18.2 Å². The quantitative estimate of drug-likeness (QED) is 0.341. The molecule has 0 N–H and O–H groups in total. The molecule has 1 aliphatic rings. The van der Waals surface area contributed by atoms with Crippen molar-refractivity contribution in [2.24, 2.45) is 0 Å². The maximum absolute atomic E-state index is 12.6. The second-order valence-electron chi connectivity index (χ2n) is 9.54. The van der Waals surface area contributed by atoms with Gasteiger partial charge >= 0.3 is 5.97 Å². The van der Waals surface area contributed by atoms with E-state index in [1.165, 1.54) is 17.5 Å². The van der Waals surface area contributed by atoms with Gasteiger partial charge in [-0.2, -0.15) is 0 Å². The monoisotopic (exact) mass is 488 g/mol. The molecule has 2 atom stereocenters. The molecule has 0 fully saturated rings. The Kier molecular flexibility index (Phi) is 7.67. The normalized spacial score (nSPS) is 18.2. The topological polar surface area (TPSA) is 54.0 Å². The molecule has 0 bridgehead atoms. The van der Waals surface area contributed by atoms with Gasteiger partial charge in [0.2, 0.25) is 6.29 Å². The Labute approximate surface area is 208 Å². The number of rotatable bonds is 8. The van der Waals surface area contributed by atoms with Crippen molar-refractivity contribution in [3.05, 3.63) is 108 Å². The molecule has 0 aromatic heterocycles. The van der Waals surface area contributed by atoms with E-state index in [4.69, 9.17) is 18.6 Å². The summed E-state index contributed by atoms with van der Waals surface area (Å²) in [6.07, 6.45) is 0.600. The van der Waals surface area contributed by atoms with Crippen LogP contribution in [0.2, 0.25) is 5.04 Å². The van der Waals surface area contributed by atoms with Crippen LogP contribution in [0.1, 0.15) is 31.1 Å². The molecule has 5 nitrogen and oxygen atoms in total. The van der Waals surface area contributed by atoms with Gasteiger partial charge in [-0.15, -0.1) is 0 Å². The predicted octanol–water partition coefficient (Wildman–Crippen LogP) is 4.68. The lowest BCUT2D eigenvalue weighted by Gasteiger charge is -2.43.